The van der Waals surface area contributed by atoms with E-state index in [9.17, 15) is 0 Å². The molecule has 82 valence electrons. The van der Waals surface area contributed by atoms with Crippen LogP contribution in [0.3, 0.4) is 0 Å². The molecule has 0 aromatic carbocycles. The fourth-order valence-corrected chi connectivity index (χ4v) is 3.95. The lowest BCUT2D eigenvalue weighted by Crippen LogP contribution is -2.59. The zero-order chi connectivity index (χ0) is 10.4. The van der Waals surface area contributed by atoms with Gasteiger partial charge in [-0.25, -0.2) is 0 Å². The van der Waals surface area contributed by atoms with Crippen molar-refractivity contribution in [2.75, 3.05) is 7.05 Å². The minimum absolute atomic E-state index is 0.438. The highest BCUT2D eigenvalue weighted by atomic mass is 15.3. The molecule has 2 fully saturated rings. The van der Waals surface area contributed by atoms with E-state index in [1.807, 2.05) is 0 Å². The highest BCUT2D eigenvalue weighted by Gasteiger charge is 2.55. The second kappa shape index (κ2) is 3.21. The molecule has 0 aromatic heterocycles. The van der Waals surface area contributed by atoms with Gasteiger partial charge in [0.2, 0.25) is 0 Å². The Kier molecular flexibility index (Phi) is 2.39. The van der Waals surface area contributed by atoms with Gasteiger partial charge in [-0.3, -0.25) is 4.90 Å². The maximum absolute atomic E-state index is 6.21. The van der Waals surface area contributed by atoms with E-state index >= 15 is 0 Å². The van der Waals surface area contributed by atoms with Crippen molar-refractivity contribution in [1.82, 2.24) is 4.90 Å². The molecular weight excluding hydrogens is 172 g/mol. The second-order valence-corrected chi connectivity index (χ2v) is 5.38. The Balaban J connectivity index is 2.31. The predicted molar refractivity (Wildman–Crippen MR) is 60.3 cm³/mol. The van der Waals surface area contributed by atoms with Gasteiger partial charge in [-0.1, -0.05) is 13.8 Å². The summed E-state index contributed by atoms with van der Waals surface area (Å²) >= 11 is 0. The number of piperidine rings is 1. The van der Waals surface area contributed by atoms with Crippen molar-refractivity contribution in [3.63, 3.8) is 0 Å². The molecule has 2 rings (SSSR count). The van der Waals surface area contributed by atoms with Crippen LogP contribution in [-0.4, -0.2) is 29.1 Å². The highest BCUT2D eigenvalue weighted by molar-refractivity contribution is 5.12. The Morgan fingerprint density at radius 2 is 1.57 bits per heavy atom. The summed E-state index contributed by atoms with van der Waals surface area (Å²) in [5.41, 5.74) is 7.09. The van der Waals surface area contributed by atoms with Crippen molar-refractivity contribution in [2.24, 2.45) is 5.73 Å². The van der Waals surface area contributed by atoms with Gasteiger partial charge in [-0.15, -0.1) is 0 Å². The number of fused-ring (bicyclic) bond motifs is 2. The van der Waals surface area contributed by atoms with Crippen LogP contribution in [0.4, 0.5) is 0 Å². The zero-order valence-electron chi connectivity index (χ0n) is 9.84. The Morgan fingerprint density at radius 1 is 1.14 bits per heavy atom. The summed E-state index contributed by atoms with van der Waals surface area (Å²) in [5.74, 6) is 0. The van der Waals surface area contributed by atoms with E-state index in [1.54, 1.807) is 0 Å². The topological polar surface area (TPSA) is 29.3 Å². The molecule has 14 heavy (non-hydrogen) atoms. The second-order valence-electron chi connectivity index (χ2n) is 5.38. The van der Waals surface area contributed by atoms with Gasteiger partial charge in [0.25, 0.3) is 0 Å². The Bertz CT molecular complexity index is 206. The minimum atomic E-state index is 0.438. The summed E-state index contributed by atoms with van der Waals surface area (Å²) < 4.78 is 0. The fourth-order valence-electron chi connectivity index (χ4n) is 3.95. The largest absolute Gasteiger partial charge is 0.328 e. The van der Waals surface area contributed by atoms with Crippen LogP contribution in [0, 0.1) is 0 Å². The van der Waals surface area contributed by atoms with Gasteiger partial charge in [0.15, 0.2) is 0 Å². The normalized spacial score (nSPS) is 48.4. The van der Waals surface area contributed by atoms with Crippen LogP contribution in [0.25, 0.3) is 0 Å². The summed E-state index contributed by atoms with van der Waals surface area (Å²) in [7, 11) is 2.33. The molecule has 2 aliphatic rings. The van der Waals surface area contributed by atoms with Gasteiger partial charge >= 0.3 is 0 Å². The third-order valence-electron chi connectivity index (χ3n) is 5.08. The first-order valence-electron chi connectivity index (χ1n) is 6.08. The average Bonchev–Trinajstić information content (AvgIpc) is 2.36. The molecule has 2 N–H and O–H groups in total. The van der Waals surface area contributed by atoms with E-state index in [4.69, 9.17) is 5.73 Å². The highest BCUT2D eigenvalue weighted by Crippen LogP contribution is 2.52. The molecule has 0 aliphatic carbocycles. The summed E-state index contributed by atoms with van der Waals surface area (Å²) in [6.07, 6.45) is 7.67. The van der Waals surface area contributed by atoms with Crippen molar-refractivity contribution in [1.29, 1.82) is 0 Å². The molecule has 2 bridgehead atoms. The lowest BCUT2D eigenvalue weighted by Gasteiger charge is -2.51. The molecule has 0 aromatic rings. The molecule has 0 radical (unpaired) electrons. The van der Waals surface area contributed by atoms with Crippen LogP contribution in [0.15, 0.2) is 0 Å². The Morgan fingerprint density at radius 3 is 1.93 bits per heavy atom. The monoisotopic (exact) mass is 196 g/mol. The fraction of sp³-hybridized carbons (Fsp3) is 1.00. The third-order valence-corrected chi connectivity index (χ3v) is 5.08. The van der Waals surface area contributed by atoms with Gasteiger partial charge in [-0.05, 0) is 45.6 Å². The number of nitrogens with zero attached hydrogens (tertiary/aromatic N) is 1. The molecule has 2 heteroatoms. The van der Waals surface area contributed by atoms with Crippen molar-refractivity contribution in [3.05, 3.63) is 0 Å². The van der Waals surface area contributed by atoms with Crippen molar-refractivity contribution < 1.29 is 0 Å². The van der Waals surface area contributed by atoms with E-state index in [1.165, 1.54) is 38.5 Å². The van der Waals surface area contributed by atoms with Gasteiger partial charge in [0, 0.05) is 17.1 Å². The maximum Gasteiger partial charge on any atom is 0.0224 e. The van der Waals surface area contributed by atoms with E-state index in [0.29, 0.717) is 17.1 Å². The molecule has 0 amide bonds. The molecule has 2 heterocycles. The van der Waals surface area contributed by atoms with Gasteiger partial charge in [-0.2, -0.15) is 0 Å². The summed E-state index contributed by atoms with van der Waals surface area (Å²) in [6, 6.07) is 0.439. The van der Waals surface area contributed by atoms with Crippen molar-refractivity contribution in [3.8, 4) is 0 Å². The molecule has 2 nitrogen and oxygen atoms in total. The first kappa shape index (κ1) is 10.4. The average molecular weight is 196 g/mol. The van der Waals surface area contributed by atoms with Crippen LogP contribution >= 0.6 is 0 Å². The Hall–Kier alpha value is -0.0800. The number of hydrogen-bond donors (Lipinski definition) is 1. The van der Waals surface area contributed by atoms with Gasteiger partial charge in [0.05, 0.1) is 0 Å². The standard InChI is InChI=1S/C12H24N2/c1-4-11-6-7-12(5-2,14(11)3)9-10(13)8-11/h10H,4-9,13H2,1-3H3. The number of hydrogen-bond acceptors (Lipinski definition) is 2. The lowest BCUT2D eigenvalue weighted by molar-refractivity contribution is 0.00192. The number of nitrogens with two attached hydrogens (primary N) is 1. The molecule has 0 saturated carbocycles. The number of rotatable bonds is 2. The van der Waals surface area contributed by atoms with Gasteiger partial charge < -0.3 is 5.73 Å². The minimum Gasteiger partial charge on any atom is -0.328 e. The molecule has 2 aliphatic heterocycles. The van der Waals surface area contributed by atoms with Crippen LogP contribution in [0.2, 0.25) is 0 Å². The van der Waals surface area contributed by atoms with E-state index in [2.05, 4.69) is 25.8 Å². The van der Waals surface area contributed by atoms with Crippen molar-refractivity contribution >= 4 is 0 Å². The van der Waals surface area contributed by atoms with Crippen molar-refractivity contribution in [2.45, 2.75) is 69.5 Å². The molecule has 2 saturated heterocycles. The molecule has 0 spiro atoms. The smallest absolute Gasteiger partial charge is 0.0224 e. The molecule has 2 unspecified atom stereocenters. The third kappa shape index (κ3) is 1.17. The van der Waals surface area contributed by atoms with Crippen LogP contribution < -0.4 is 5.73 Å². The lowest BCUT2D eigenvalue weighted by atomic mass is 9.79. The zero-order valence-corrected chi connectivity index (χ0v) is 9.84. The van der Waals surface area contributed by atoms with Gasteiger partial charge in [0.1, 0.15) is 0 Å². The SMILES string of the molecule is CCC12CCC(CC)(CC(N)C1)N2C. The summed E-state index contributed by atoms with van der Waals surface area (Å²) in [6.45, 7) is 4.64. The molecule has 2 atom stereocenters. The van der Waals surface area contributed by atoms with Crippen LogP contribution in [0.1, 0.15) is 52.4 Å². The quantitative estimate of drug-likeness (QED) is 0.733. The first-order valence-corrected chi connectivity index (χ1v) is 6.08. The van der Waals surface area contributed by atoms with Crippen LogP contribution in [-0.2, 0) is 0 Å². The predicted octanol–water partition coefficient (Wildman–Crippen LogP) is 2.13. The summed E-state index contributed by atoms with van der Waals surface area (Å²) in [5, 5.41) is 0. The van der Waals surface area contributed by atoms with E-state index < -0.39 is 0 Å². The summed E-state index contributed by atoms with van der Waals surface area (Å²) in [4.78, 5) is 2.67. The maximum atomic E-state index is 6.21. The Labute approximate surface area is 87.8 Å². The van der Waals surface area contributed by atoms with E-state index in [0.717, 1.165) is 0 Å². The molecular formula is C12H24N2. The first-order chi connectivity index (χ1) is 6.58. The van der Waals surface area contributed by atoms with Crippen LogP contribution in [0.5, 0.6) is 0 Å². The van der Waals surface area contributed by atoms with E-state index in [-0.39, 0.29) is 0 Å².